The SMILES string of the molecule is CCNC(=O)CN1CCN(C(=O)Cc2csc(Cc3ccccc3)n2)CC1. The zero-order valence-corrected chi connectivity index (χ0v) is 16.5. The number of likely N-dealkylation sites (N-methyl/N-ethyl adjacent to an activating group) is 1. The first-order valence-corrected chi connectivity index (χ1v) is 10.3. The number of nitrogens with one attached hydrogen (secondary N) is 1. The lowest BCUT2D eigenvalue weighted by molar-refractivity contribution is -0.132. The first-order chi connectivity index (χ1) is 13.1. The molecule has 0 atom stereocenters. The molecule has 0 bridgehead atoms. The Labute approximate surface area is 164 Å². The second-order valence-corrected chi connectivity index (χ2v) is 7.62. The van der Waals surface area contributed by atoms with E-state index in [2.05, 4.69) is 27.3 Å². The van der Waals surface area contributed by atoms with Gasteiger partial charge in [-0.15, -0.1) is 11.3 Å². The average molecular weight is 387 g/mol. The summed E-state index contributed by atoms with van der Waals surface area (Å²) < 4.78 is 0. The van der Waals surface area contributed by atoms with Crippen LogP contribution >= 0.6 is 11.3 Å². The Bertz CT molecular complexity index is 754. The van der Waals surface area contributed by atoms with Gasteiger partial charge < -0.3 is 10.2 Å². The summed E-state index contributed by atoms with van der Waals surface area (Å²) in [6.45, 7) is 5.77. The third kappa shape index (κ3) is 5.87. The highest BCUT2D eigenvalue weighted by molar-refractivity contribution is 7.09. The van der Waals surface area contributed by atoms with Crippen molar-refractivity contribution in [1.29, 1.82) is 0 Å². The number of benzene rings is 1. The molecule has 1 N–H and O–H groups in total. The molecule has 0 spiro atoms. The quantitative estimate of drug-likeness (QED) is 0.784. The summed E-state index contributed by atoms with van der Waals surface area (Å²) in [6.07, 6.45) is 1.15. The molecule has 144 valence electrons. The predicted molar refractivity (Wildman–Crippen MR) is 107 cm³/mol. The van der Waals surface area contributed by atoms with E-state index in [1.165, 1.54) is 5.56 Å². The molecule has 2 heterocycles. The molecule has 1 aromatic heterocycles. The van der Waals surface area contributed by atoms with Gasteiger partial charge in [0, 0.05) is 44.5 Å². The summed E-state index contributed by atoms with van der Waals surface area (Å²) >= 11 is 1.61. The lowest BCUT2D eigenvalue weighted by atomic mass is 10.2. The maximum Gasteiger partial charge on any atom is 0.234 e. The van der Waals surface area contributed by atoms with Gasteiger partial charge in [-0.3, -0.25) is 14.5 Å². The third-order valence-electron chi connectivity index (χ3n) is 4.60. The lowest BCUT2D eigenvalue weighted by Gasteiger charge is -2.34. The summed E-state index contributed by atoms with van der Waals surface area (Å²) in [5, 5.41) is 5.84. The van der Waals surface area contributed by atoms with Crippen LogP contribution in [0.15, 0.2) is 35.7 Å². The minimum atomic E-state index is 0.0469. The fourth-order valence-corrected chi connectivity index (χ4v) is 3.99. The zero-order chi connectivity index (χ0) is 19.1. The van der Waals surface area contributed by atoms with E-state index in [4.69, 9.17) is 0 Å². The van der Waals surface area contributed by atoms with Gasteiger partial charge in [-0.25, -0.2) is 4.98 Å². The van der Waals surface area contributed by atoms with E-state index >= 15 is 0 Å². The minimum Gasteiger partial charge on any atom is -0.355 e. The number of hydrogen-bond acceptors (Lipinski definition) is 5. The fourth-order valence-electron chi connectivity index (χ4n) is 3.16. The van der Waals surface area contributed by atoms with Crippen LogP contribution in [-0.4, -0.2) is 65.9 Å². The molecule has 3 rings (SSSR count). The van der Waals surface area contributed by atoms with E-state index in [-0.39, 0.29) is 11.8 Å². The number of carbonyl (C=O) groups excluding carboxylic acids is 2. The molecule has 0 unspecified atom stereocenters. The molecular weight excluding hydrogens is 360 g/mol. The van der Waals surface area contributed by atoms with E-state index in [1.807, 2.05) is 35.4 Å². The lowest BCUT2D eigenvalue weighted by Crippen LogP contribution is -2.51. The van der Waals surface area contributed by atoms with E-state index in [9.17, 15) is 9.59 Å². The Morgan fingerprint density at radius 3 is 2.59 bits per heavy atom. The molecule has 6 nitrogen and oxygen atoms in total. The van der Waals surface area contributed by atoms with Crippen molar-refractivity contribution in [2.45, 2.75) is 19.8 Å². The molecule has 2 amide bonds. The molecule has 1 aliphatic heterocycles. The summed E-state index contributed by atoms with van der Waals surface area (Å²) in [4.78, 5) is 32.8. The number of nitrogens with zero attached hydrogens (tertiary/aromatic N) is 3. The first kappa shape index (κ1) is 19.5. The Morgan fingerprint density at radius 2 is 1.89 bits per heavy atom. The van der Waals surface area contributed by atoms with Gasteiger partial charge >= 0.3 is 0 Å². The summed E-state index contributed by atoms with van der Waals surface area (Å²) in [5.74, 6) is 0.162. The van der Waals surface area contributed by atoms with Crippen LogP contribution in [0, 0.1) is 0 Å². The van der Waals surface area contributed by atoms with Crippen molar-refractivity contribution < 1.29 is 9.59 Å². The Hall–Kier alpha value is -2.25. The van der Waals surface area contributed by atoms with E-state index in [0.717, 1.165) is 30.2 Å². The van der Waals surface area contributed by atoms with Crippen LogP contribution in [0.4, 0.5) is 0 Å². The maximum atomic E-state index is 12.6. The van der Waals surface area contributed by atoms with Gasteiger partial charge in [0.15, 0.2) is 0 Å². The van der Waals surface area contributed by atoms with Gasteiger partial charge in [-0.1, -0.05) is 30.3 Å². The Balaban J connectivity index is 1.45. The summed E-state index contributed by atoms with van der Waals surface area (Å²) in [7, 11) is 0. The molecule has 0 radical (unpaired) electrons. The highest BCUT2D eigenvalue weighted by Gasteiger charge is 2.22. The van der Waals surface area contributed by atoms with Gasteiger partial charge in [0.05, 0.1) is 23.7 Å². The number of rotatable bonds is 7. The number of carbonyl (C=O) groups is 2. The molecule has 7 heteroatoms. The Morgan fingerprint density at radius 1 is 1.15 bits per heavy atom. The number of aromatic nitrogens is 1. The standard InChI is InChI=1S/C20H26N4O2S/c1-2-21-18(25)14-23-8-10-24(11-9-23)20(26)13-17-15-27-19(22-17)12-16-6-4-3-5-7-16/h3-7,15H,2,8-14H2,1H3,(H,21,25). The van der Waals surface area contributed by atoms with Crippen LogP contribution < -0.4 is 5.32 Å². The van der Waals surface area contributed by atoms with Crippen molar-refractivity contribution in [3.63, 3.8) is 0 Å². The van der Waals surface area contributed by atoms with Crippen LogP contribution in [0.1, 0.15) is 23.2 Å². The van der Waals surface area contributed by atoms with Crippen LogP contribution in [0.3, 0.4) is 0 Å². The molecule has 1 fully saturated rings. The number of amides is 2. The van der Waals surface area contributed by atoms with Gasteiger partial charge in [-0.2, -0.15) is 0 Å². The van der Waals surface area contributed by atoms with Crippen molar-refractivity contribution in [3.05, 3.63) is 52.0 Å². The van der Waals surface area contributed by atoms with Gasteiger partial charge in [-0.05, 0) is 12.5 Å². The molecule has 2 aromatic rings. The molecular formula is C20H26N4O2S. The third-order valence-corrected chi connectivity index (χ3v) is 5.49. The van der Waals surface area contributed by atoms with Crippen molar-refractivity contribution in [1.82, 2.24) is 20.1 Å². The van der Waals surface area contributed by atoms with Crippen molar-refractivity contribution in [3.8, 4) is 0 Å². The van der Waals surface area contributed by atoms with Crippen molar-refractivity contribution in [2.24, 2.45) is 0 Å². The van der Waals surface area contributed by atoms with E-state index < -0.39 is 0 Å². The number of thiazole rings is 1. The smallest absolute Gasteiger partial charge is 0.234 e. The van der Waals surface area contributed by atoms with Crippen molar-refractivity contribution >= 4 is 23.2 Å². The van der Waals surface area contributed by atoms with Crippen LogP contribution in [0.25, 0.3) is 0 Å². The number of piperazine rings is 1. The average Bonchev–Trinajstić information content (AvgIpc) is 3.10. The number of hydrogen-bond donors (Lipinski definition) is 1. The molecule has 1 aromatic carbocycles. The monoisotopic (exact) mass is 386 g/mol. The first-order valence-electron chi connectivity index (χ1n) is 9.38. The second kappa shape index (κ2) is 9.62. The fraction of sp³-hybridized carbons (Fsp3) is 0.450. The second-order valence-electron chi connectivity index (χ2n) is 6.68. The highest BCUT2D eigenvalue weighted by atomic mass is 32.1. The van der Waals surface area contributed by atoms with Gasteiger partial charge in [0.1, 0.15) is 0 Å². The van der Waals surface area contributed by atoms with Crippen LogP contribution in [0.2, 0.25) is 0 Å². The Kier molecular flexibility index (Phi) is 6.95. The maximum absolute atomic E-state index is 12.6. The zero-order valence-electron chi connectivity index (χ0n) is 15.7. The minimum absolute atomic E-state index is 0.0469. The molecule has 0 aliphatic carbocycles. The normalized spacial score (nSPS) is 14.9. The molecule has 0 saturated carbocycles. The van der Waals surface area contributed by atoms with E-state index in [1.54, 1.807) is 11.3 Å². The largest absolute Gasteiger partial charge is 0.355 e. The predicted octanol–water partition coefficient (Wildman–Crippen LogP) is 1.56. The summed E-state index contributed by atoms with van der Waals surface area (Å²) in [6, 6.07) is 10.2. The topological polar surface area (TPSA) is 65.5 Å². The summed E-state index contributed by atoms with van der Waals surface area (Å²) in [5.41, 5.74) is 2.08. The molecule has 1 aliphatic rings. The van der Waals surface area contributed by atoms with Crippen LogP contribution in [0.5, 0.6) is 0 Å². The molecule has 27 heavy (non-hydrogen) atoms. The van der Waals surface area contributed by atoms with Gasteiger partial charge in [0.2, 0.25) is 11.8 Å². The molecule has 1 saturated heterocycles. The van der Waals surface area contributed by atoms with Crippen LogP contribution in [-0.2, 0) is 22.4 Å². The van der Waals surface area contributed by atoms with Crippen molar-refractivity contribution in [2.75, 3.05) is 39.3 Å². The van der Waals surface area contributed by atoms with E-state index in [0.29, 0.717) is 32.6 Å². The highest BCUT2D eigenvalue weighted by Crippen LogP contribution is 2.16. The van der Waals surface area contributed by atoms with Gasteiger partial charge in [0.25, 0.3) is 0 Å².